The molecule has 2 aromatic rings. The molecule has 0 aliphatic carbocycles. The van der Waals surface area contributed by atoms with E-state index in [1.165, 1.54) is 6.92 Å². The molecule has 0 saturated carbocycles. The second-order valence-corrected chi connectivity index (χ2v) is 6.01. The lowest BCUT2D eigenvalue weighted by Crippen LogP contribution is -2.08. The molecule has 0 spiro atoms. The number of anilines is 2. The van der Waals surface area contributed by atoms with Crippen LogP contribution in [0, 0.1) is 0 Å². The molecule has 6 nitrogen and oxygen atoms in total. The van der Waals surface area contributed by atoms with Crippen molar-refractivity contribution in [3.63, 3.8) is 0 Å². The van der Waals surface area contributed by atoms with Crippen LogP contribution in [0.4, 0.5) is 11.4 Å². The molecule has 0 bridgehead atoms. The van der Waals surface area contributed by atoms with E-state index in [9.17, 15) is 4.79 Å². The van der Waals surface area contributed by atoms with Crippen LogP contribution >= 0.6 is 0 Å². The maximum Gasteiger partial charge on any atom is 0.221 e. The molecule has 0 aliphatic heterocycles. The molecule has 0 saturated heterocycles. The lowest BCUT2D eigenvalue weighted by molar-refractivity contribution is -0.114. The van der Waals surface area contributed by atoms with Crippen molar-refractivity contribution in [2.75, 3.05) is 31.0 Å². The normalized spacial score (nSPS) is 10.2. The maximum atomic E-state index is 11.3. The standard InChI is InChI=1S/C21H28N2O4/c1-5-11-27-19-10-7-16(12-21(19)26-6-2)14-22-17-8-9-18(23-15(3)24)20(13-17)25-4/h7-10,12-13,22H,5-6,11,14H2,1-4H3,(H,23,24). The Morgan fingerprint density at radius 3 is 2.48 bits per heavy atom. The average molecular weight is 372 g/mol. The summed E-state index contributed by atoms with van der Waals surface area (Å²) in [5.74, 6) is 1.99. The molecule has 0 fully saturated rings. The molecular formula is C21H28N2O4. The lowest BCUT2D eigenvalue weighted by Gasteiger charge is -2.15. The minimum atomic E-state index is -0.136. The molecule has 0 heterocycles. The Hall–Kier alpha value is -2.89. The zero-order valence-corrected chi connectivity index (χ0v) is 16.4. The first-order valence-electron chi connectivity index (χ1n) is 9.15. The molecule has 6 heteroatoms. The number of carbonyl (C=O) groups excluding carboxylic acids is 1. The topological polar surface area (TPSA) is 68.8 Å². The summed E-state index contributed by atoms with van der Waals surface area (Å²) in [5.41, 5.74) is 2.61. The summed E-state index contributed by atoms with van der Waals surface area (Å²) in [6, 6.07) is 11.5. The number of hydrogen-bond acceptors (Lipinski definition) is 5. The number of nitrogens with one attached hydrogen (secondary N) is 2. The zero-order valence-electron chi connectivity index (χ0n) is 16.4. The minimum Gasteiger partial charge on any atom is -0.494 e. The zero-order chi connectivity index (χ0) is 19.6. The highest BCUT2D eigenvalue weighted by molar-refractivity contribution is 5.90. The van der Waals surface area contributed by atoms with Crippen molar-refractivity contribution in [3.8, 4) is 17.2 Å². The smallest absolute Gasteiger partial charge is 0.221 e. The number of carbonyl (C=O) groups is 1. The summed E-state index contributed by atoms with van der Waals surface area (Å²) in [4.78, 5) is 11.3. The van der Waals surface area contributed by atoms with Crippen molar-refractivity contribution >= 4 is 17.3 Å². The third-order valence-electron chi connectivity index (χ3n) is 3.78. The van der Waals surface area contributed by atoms with Gasteiger partial charge >= 0.3 is 0 Å². The number of benzene rings is 2. The Labute approximate surface area is 160 Å². The van der Waals surface area contributed by atoms with Gasteiger partial charge in [0.05, 0.1) is 26.0 Å². The van der Waals surface area contributed by atoms with Crippen LogP contribution in [0.1, 0.15) is 32.8 Å². The van der Waals surface area contributed by atoms with E-state index in [-0.39, 0.29) is 5.91 Å². The van der Waals surface area contributed by atoms with E-state index >= 15 is 0 Å². The molecule has 146 valence electrons. The van der Waals surface area contributed by atoms with Gasteiger partial charge in [0.1, 0.15) is 5.75 Å². The molecule has 1 amide bonds. The summed E-state index contributed by atoms with van der Waals surface area (Å²) >= 11 is 0. The van der Waals surface area contributed by atoms with Crippen molar-refractivity contribution in [2.24, 2.45) is 0 Å². The Kier molecular flexibility index (Phi) is 7.79. The molecule has 0 radical (unpaired) electrons. The molecule has 27 heavy (non-hydrogen) atoms. The first-order valence-corrected chi connectivity index (χ1v) is 9.15. The number of methoxy groups -OCH3 is 1. The first-order chi connectivity index (χ1) is 13.1. The summed E-state index contributed by atoms with van der Waals surface area (Å²) < 4.78 is 16.8. The first kappa shape index (κ1) is 20.4. The Bertz CT molecular complexity index is 762. The fourth-order valence-electron chi connectivity index (χ4n) is 2.56. The Balaban J connectivity index is 2.09. The fraction of sp³-hybridized carbons (Fsp3) is 0.381. The molecular weight excluding hydrogens is 344 g/mol. The largest absolute Gasteiger partial charge is 0.494 e. The lowest BCUT2D eigenvalue weighted by atomic mass is 10.2. The van der Waals surface area contributed by atoms with Crippen LogP contribution in [0.3, 0.4) is 0 Å². The second-order valence-electron chi connectivity index (χ2n) is 6.01. The van der Waals surface area contributed by atoms with E-state index in [4.69, 9.17) is 14.2 Å². The van der Waals surface area contributed by atoms with Crippen LogP contribution in [-0.2, 0) is 11.3 Å². The van der Waals surface area contributed by atoms with Gasteiger partial charge in [-0.3, -0.25) is 4.79 Å². The monoisotopic (exact) mass is 372 g/mol. The predicted octanol–water partition coefficient (Wildman–Crippen LogP) is 4.45. The van der Waals surface area contributed by atoms with Gasteiger partial charge in [0, 0.05) is 25.2 Å². The average Bonchev–Trinajstić information content (AvgIpc) is 2.66. The molecule has 0 aliphatic rings. The highest BCUT2D eigenvalue weighted by atomic mass is 16.5. The second kappa shape index (κ2) is 10.3. The van der Waals surface area contributed by atoms with Crippen LogP contribution in [0.5, 0.6) is 17.2 Å². The van der Waals surface area contributed by atoms with Crippen molar-refractivity contribution in [3.05, 3.63) is 42.0 Å². The van der Waals surface area contributed by atoms with Crippen LogP contribution in [0.2, 0.25) is 0 Å². The van der Waals surface area contributed by atoms with E-state index in [1.54, 1.807) is 7.11 Å². The van der Waals surface area contributed by atoms with Crippen LogP contribution in [-0.4, -0.2) is 26.2 Å². The van der Waals surface area contributed by atoms with Crippen LogP contribution < -0.4 is 24.8 Å². The highest BCUT2D eigenvalue weighted by Gasteiger charge is 2.08. The van der Waals surface area contributed by atoms with Crippen LogP contribution in [0.25, 0.3) is 0 Å². The van der Waals surface area contributed by atoms with E-state index in [2.05, 4.69) is 17.6 Å². The van der Waals surface area contributed by atoms with Crippen molar-refractivity contribution in [1.82, 2.24) is 0 Å². The summed E-state index contributed by atoms with van der Waals surface area (Å²) in [7, 11) is 1.58. The van der Waals surface area contributed by atoms with Gasteiger partial charge in [-0.05, 0) is 43.2 Å². The Morgan fingerprint density at radius 1 is 1.00 bits per heavy atom. The van der Waals surface area contributed by atoms with Gasteiger partial charge in [0.2, 0.25) is 5.91 Å². The molecule has 2 aromatic carbocycles. The van der Waals surface area contributed by atoms with Gasteiger partial charge in [-0.25, -0.2) is 0 Å². The Morgan fingerprint density at radius 2 is 1.81 bits per heavy atom. The summed E-state index contributed by atoms with van der Waals surface area (Å²) in [5, 5.41) is 6.11. The molecule has 0 unspecified atom stereocenters. The van der Waals surface area contributed by atoms with Gasteiger partial charge in [-0.2, -0.15) is 0 Å². The highest BCUT2D eigenvalue weighted by Crippen LogP contribution is 2.30. The molecule has 0 atom stereocenters. The SMILES string of the molecule is CCCOc1ccc(CNc2ccc(NC(C)=O)c(OC)c2)cc1OCC. The summed E-state index contributed by atoms with van der Waals surface area (Å²) in [6.45, 7) is 7.37. The van der Waals surface area contributed by atoms with Crippen molar-refractivity contribution < 1.29 is 19.0 Å². The van der Waals surface area contributed by atoms with E-state index in [1.807, 2.05) is 43.3 Å². The van der Waals surface area contributed by atoms with Crippen molar-refractivity contribution in [1.29, 1.82) is 0 Å². The van der Waals surface area contributed by atoms with Gasteiger partial charge in [-0.1, -0.05) is 13.0 Å². The van der Waals surface area contributed by atoms with E-state index in [0.29, 0.717) is 31.2 Å². The third-order valence-corrected chi connectivity index (χ3v) is 3.78. The molecule has 0 aromatic heterocycles. The van der Waals surface area contributed by atoms with E-state index in [0.717, 1.165) is 29.2 Å². The summed E-state index contributed by atoms with van der Waals surface area (Å²) in [6.07, 6.45) is 0.950. The predicted molar refractivity (Wildman–Crippen MR) is 108 cm³/mol. The van der Waals surface area contributed by atoms with Crippen LogP contribution in [0.15, 0.2) is 36.4 Å². The number of amides is 1. The van der Waals surface area contributed by atoms with Crippen molar-refractivity contribution in [2.45, 2.75) is 33.7 Å². The third kappa shape index (κ3) is 6.09. The molecule has 2 N–H and O–H groups in total. The maximum absolute atomic E-state index is 11.3. The van der Waals surface area contributed by atoms with Gasteiger partial charge < -0.3 is 24.8 Å². The fourth-order valence-corrected chi connectivity index (χ4v) is 2.56. The minimum absolute atomic E-state index is 0.136. The number of rotatable bonds is 10. The number of ether oxygens (including phenoxy) is 3. The van der Waals surface area contributed by atoms with E-state index < -0.39 is 0 Å². The molecule has 2 rings (SSSR count). The van der Waals surface area contributed by atoms with Gasteiger partial charge in [-0.15, -0.1) is 0 Å². The van der Waals surface area contributed by atoms with Gasteiger partial charge in [0.25, 0.3) is 0 Å². The van der Waals surface area contributed by atoms with Gasteiger partial charge in [0.15, 0.2) is 11.5 Å². The number of hydrogen-bond donors (Lipinski definition) is 2. The quantitative estimate of drug-likeness (QED) is 0.645.